The summed E-state index contributed by atoms with van der Waals surface area (Å²) < 4.78 is 11.7. The van der Waals surface area contributed by atoms with Crippen LogP contribution in [-0.4, -0.2) is 24.6 Å². The smallest absolute Gasteiger partial charge is 0.264 e. The number of aromatic nitrogens is 1. The summed E-state index contributed by atoms with van der Waals surface area (Å²) in [5.74, 6) is 1.04. The Balaban J connectivity index is 1.59. The highest BCUT2D eigenvalue weighted by atomic mass is 32.1. The fourth-order valence-corrected chi connectivity index (χ4v) is 3.50. The van der Waals surface area contributed by atoms with Gasteiger partial charge in [0.05, 0.1) is 17.3 Å². The van der Waals surface area contributed by atoms with Gasteiger partial charge in [-0.1, -0.05) is 36.8 Å². The van der Waals surface area contributed by atoms with E-state index in [1.165, 1.54) is 29.7 Å². The Kier molecular flexibility index (Phi) is 6.07. The van der Waals surface area contributed by atoms with Crippen LogP contribution in [0.5, 0.6) is 11.5 Å². The first-order chi connectivity index (χ1) is 12.7. The Bertz CT molecular complexity index is 892. The number of amides is 1. The standard InChI is InChI=1S/C20H22N2O3S/c1-3-4-6-14-9-10-17-18(11-14)26-20(21-17)22-19(23)13-25-16-8-5-7-15(12-16)24-2/h5,7-12H,3-4,6,13H2,1-2H3,(H,21,22,23). The van der Waals surface area contributed by atoms with E-state index in [0.717, 1.165) is 16.6 Å². The number of nitrogens with one attached hydrogen (secondary N) is 1. The van der Waals surface area contributed by atoms with Gasteiger partial charge in [-0.3, -0.25) is 10.1 Å². The Labute approximate surface area is 157 Å². The van der Waals surface area contributed by atoms with Crippen molar-refractivity contribution in [1.29, 1.82) is 0 Å². The van der Waals surface area contributed by atoms with Gasteiger partial charge in [0.15, 0.2) is 11.7 Å². The van der Waals surface area contributed by atoms with Crippen LogP contribution in [0.4, 0.5) is 5.13 Å². The molecule has 136 valence electrons. The zero-order chi connectivity index (χ0) is 18.4. The van der Waals surface area contributed by atoms with E-state index in [2.05, 4.69) is 29.4 Å². The third kappa shape index (κ3) is 4.73. The number of hydrogen-bond acceptors (Lipinski definition) is 5. The van der Waals surface area contributed by atoms with Crippen molar-refractivity contribution in [3.05, 3.63) is 48.0 Å². The van der Waals surface area contributed by atoms with Gasteiger partial charge in [0.25, 0.3) is 5.91 Å². The van der Waals surface area contributed by atoms with Crippen LogP contribution < -0.4 is 14.8 Å². The molecule has 1 N–H and O–H groups in total. The summed E-state index contributed by atoms with van der Waals surface area (Å²) in [7, 11) is 1.59. The maximum Gasteiger partial charge on any atom is 0.264 e. The van der Waals surface area contributed by atoms with E-state index in [9.17, 15) is 4.79 Å². The zero-order valence-electron chi connectivity index (χ0n) is 15.0. The monoisotopic (exact) mass is 370 g/mol. The molecule has 0 aliphatic heterocycles. The van der Waals surface area contributed by atoms with Gasteiger partial charge >= 0.3 is 0 Å². The molecule has 1 heterocycles. The van der Waals surface area contributed by atoms with Crippen LogP contribution >= 0.6 is 11.3 Å². The fourth-order valence-electron chi connectivity index (χ4n) is 2.55. The number of carbonyl (C=O) groups excluding carboxylic acids is 1. The van der Waals surface area contributed by atoms with E-state index >= 15 is 0 Å². The van der Waals surface area contributed by atoms with Gasteiger partial charge < -0.3 is 9.47 Å². The number of hydrogen-bond donors (Lipinski definition) is 1. The number of rotatable bonds is 8. The van der Waals surface area contributed by atoms with Gasteiger partial charge in [0, 0.05) is 6.07 Å². The second kappa shape index (κ2) is 8.67. The Hall–Kier alpha value is -2.60. The fraction of sp³-hybridized carbons (Fsp3) is 0.300. The molecule has 26 heavy (non-hydrogen) atoms. The molecule has 0 radical (unpaired) electrons. The number of thiazole rings is 1. The van der Waals surface area contributed by atoms with Crippen molar-refractivity contribution in [1.82, 2.24) is 4.98 Å². The van der Waals surface area contributed by atoms with Crippen LogP contribution in [0.3, 0.4) is 0 Å². The minimum Gasteiger partial charge on any atom is -0.497 e. The van der Waals surface area contributed by atoms with Crippen LogP contribution in [0.25, 0.3) is 10.2 Å². The molecule has 5 nitrogen and oxygen atoms in total. The van der Waals surface area contributed by atoms with Crippen molar-refractivity contribution in [2.24, 2.45) is 0 Å². The Morgan fingerprint density at radius 2 is 2.04 bits per heavy atom. The minimum atomic E-state index is -0.238. The summed E-state index contributed by atoms with van der Waals surface area (Å²) in [6, 6.07) is 13.4. The largest absolute Gasteiger partial charge is 0.497 e. The van der Waals surface area contributed by atoms with E-state index < -0.39 is 0 Å². The summed E-state index contributed by atoms with van der Waals surface area (Å²) in [5, 5.41) is 3.39. The second-order valence-corrected chi connectivity index (χ2v) is 6.97. The van der Waals surface area contributed by atoms with E-state index in [1.54, 1.807) is 19.2 Å². The van der Waals surface area contributed by atoms with Gasteiger partial charge in [-0.15, -0.1) is 0 Å². The molecule has 0 unspecified atom stereocenters. The molecule has 0 aliphatic carbocycles. The average molecular weight is 370 g/mol. The van der Waals surface area contributed by atoms with Gasteiger partial charge in [-0.05, 0) is 42.7 Å². The molecule has 0 saturated heterocycles. The number of fused-ring (bicyclic) bond motifs is 1. The molecule has 2 aromatic carbocycles. The molecule has 0 fully saturated rings. The Morgan fingerprint density at radius 3 is 2.85 bits per heavy atom. The van der Waals surface area contributed by atoms with Crippen LogP contribution in [0.15, 0.2) is 42.5 Å². The lowest BCUT2D eigenvalue weighted by Gasteiger charge is -2.07. The van der Waals surface area contributed by atoms with E-state index in [0.29, 0.717) is 16.6 Å². The van der Waals surface area contributed by atoms with Gasteiger partial charge in [-0.25, -0.2) is 4.98 Å². The van der Waals surface area contributed by atoms with Crippen LogP contribution in [0, 0.1) is 0 Å². The summed E-state index contributed by atoms with van der Waals surface area (Å²) in [6.07, 6.45) is 3.42. The van der Waals surface area contributed by atoms with Gasteiger partial charge in [0.1, 0.15) is 11.5 Å². The number of aryl methyl sites for hydroxylation is 1. The highest BCUT2D eigenvalue weighted by molar-refractivity contribution is 7.22. The number of unbranched alkanes of at least 4 members (excludes halogenated alkanes) is 1. The molecule has 0 aliphatic rings. The SMILES string of the molecule is CCCCc1ccc2nc(NC(=O)COc3cccc(OC)c3)sc2c1. The van der Waals surface area contributed by atoms with Crippen molar-refractivity contribution in [2.45, 2.75) is 26.2 Å². The summed E-state index contributed by atoms with van der Waals surface area (Å²) in [6.45, 7) is 2.11. The van der Waals surface area contributed by atoms with Crippen molar-refractivity contribution < 1.29 is 14.3 Å². The number of methoxy groups -OCH3 is 1. The third-order valence-electron chi connectivity index (χ3n) is 3.93. The molecule has 1 amide bonds. The highest BCUT2D eigenvalue weighted by Gasteiger charge is 2.09. The molecule has 0 atom stereocenters. The first kappa shape index (κ1) is 18.2. The molecule has 0 bridgehead atoms. The predicted octanol–water partition coefficient (Wildman–Crippen LogP) is 4.67. The number of anilines is 1. The molecule has 0 spiro atoms. The lowest BCUT2D eigenvalue weighted by molar-refractivity contribution is -0.118. The summed E-state index contributed by atoms with van der Waals surface area (Å²) in [4.78, 5) is 16.6. The Morgan fingerprint density at radius 1 is 1.19 bits per heavy atom. The normalized spacial score (nSPS) is 10.7. The lowest BCUT2D eigenvalue weighted by atomic mass is 10.1. The van der Waals surface area contributed by atoms with Crippen molar-refractivity contribution in [2.75, 3.05) is 19.0 Å². The lowest BCUT2D eigenvalue weighted by Crippen LogP contribution is -2.19. The number of ether oxygens (including phenoxy) is 2. The summed E-state index contributed by atoms with van der Waals surface area (Å²) in [5.41, 5.74) is 2.21. The average Bonchev–Trinajstić information content (AvgIpc) is 3.06. The molecule has 0 saturated carbocycles. The predicted molar refractivity (Wildman–Crippen MR) is 105 cm³/mol. The van der Waals surface area contributed by atoms with E-state index in [1.807, 2.05) is 18.2 Å². The minimum absolute atomic E-state index is 0.0785. The second-order valence-electron chi connectivity index (χ2n) is 5.94. The first-order valence-corrected chi connectivity index (χ1v) is 9.45. The zero-order valence-corrected chi connectivity index (χ0v) is 15.8. The number of nitrogens with zero attached hydrogens (tertiary/aromatic N) is 1. The topological polar surface area (TPSA) is 60.5 Å². The molecular weight excluding hydrogens is 348 g/mol. The van der Waals surface area contributed by atoms with Crippen molar-refractivity contribution in [3.8, 4) is 11.5 Å². The number of carbonyl (C=O) groups is 1. The van der Waals surface area contributed by atoms with Gasteiger partial charge in [0.2, 0.25) is 0 Å². The molecule has 6 heteroatoms. The van der Waals surface area contributed by atoms with Crippen molar-refractivity contribution in [3.63, 3.8) is 0 Å². The molecule has 1 aromatic heterocycles. The third-order valence-corrected chi connectivity index (χ3v) is 4.86. The van der Waals surface area contributed by atoms with Crippen LogP contribution in [-0.2, 0) is 11.2 Å². The molecule has 3 rings (SSSR count). The van der Waals surface area contributed by atoms with Crippen LogP contribution in [0.2, 0.25) is 0 Å². The number of benzene rings is 2. The van der Waals surface area contributed by atoms with Crippen molar-refractivity contribution >= 4 is 32.6 Å². The van der Waals surface area contributed by atoms with E-state index in [4.69, 9.17) is 9.47 Å². The molecular formula is C20H22N2O3S. The quantitative estimate of drug-likeness (QED) is 0.626. The van der Waals surface area contributed by atoms with Gasteiger partial charge in [-0.2, -0.15) is 0 Å². The highest BCUT2D eigenvalue weighted by Crippen LogP contribution is 2.27. The first-order valence-electron chi connectivity index (χ1n) is 8.64. The molecule has 3 aromatic rings. The van der Waals surface area contributed by atoms with E-state index in [-0.39, 0.29) is 12.5 Å². The summed E-state index contributed by atoms with van der Waals surface area (Å²) >= 11 is 1.48. The maximum absolute atomic E-state index is 12.1. The maximum atomic E-state index is 12.1. The van der Waals surface area contributed by atoms with Crippen LogP contribution in [0.1, 0.15) is 25.3 Å².